The van der Waals surface area contributed by atoms with E-state index < -0.39 is 16.6 Å². The Morgan fingerprint density at radius 3 is 1.20 bits per heavy atom. The van der Waals surface area contributed by atoms with Gasteiger partial charge in [-0.3, -0.25) is 0 Å². The van der Waals surface area contributed by atoms with Crippen molar-refractivity contribution in [1.82, 2.24) is 0 Å². The molecule has 0 atom stereocenters. The van der Waals surface area contributed by atoms with Crippen LogP contribution in [0.4, 0.5) is 0 Å². The second kappa shape index (κ2) is 23.3. The van der Waals surface area contributed by atoms with Crippen LogP contribution in [0.3, 0.4) is 0 Å². The van der Waals surface area contributed by atoms with Crippen molar-refractivity contribution in [3.8, 4) is 11.5 Å². The molecule has 2 nitrogen and oxygen atoms in total. The monoisotopic (exact) mass is 893 g/mol. The van der Waals surface area contributed by atoms with Gasteiger partial charge in [0.2, 0.25) is 16.6 Å². The average molecular weight is 896 g/mol. The molecule has 8 rings (SSSR count). The zero-order valence-corrected chi connectivity index (χ0v) is 40.7. The number of hydrogen-bond donors (Lipinski definition) is 0. The van der Waals surface area contributed by atoms with Gasteiger partial charge in [-0.15, -0.1) is 12.1 Å². The Morgan fingerprint density at radius 2 is 0.852 bits per heavy atom. The molecular weight excluding hydrogens is 831 g/mol. The normalized spacial score (nSPS) is 17.3. The van der Waals surface area contributed by atoms with E-state index in [0.29, 0.717) is 0 Å². The number of aryl methyl sites for hydroxylation is 4. The van der Waals surface area contributed by atoms with Crippen LogP contribution >= 0.6 is 0 Å². The van der Waals surface area contributed by atoms with E-state index in [-0.39, 0.29) is 60.5 Å². The number of fused-ring (bicyclic) bond motifs is 2. The van der Waals surface area contributed by atoms with E-state index in [1.165, 1.54) is 137 Å². The quantitative estimate of drug-likeness (QED) is 0.173. The fraction of sp³-hybridized carbons (Fsp3) is 0.522. The third kappa shape index (κ3) is 14.0. The van der Waals surface area contributed by atoms with Crippen LogP contribution in [0.5, 0.6) is 11.5 Å². The van der Waals surface area contributed by atoms with Crippen LogP contribution in [0.15, 0.2) is 84.9 Å². The van der Waals surface area contributed by atoms with Gasteiger partial charge in [-0.05, 0) is 74.5 Å². The Labute approximate surface area is 365 Å². The minimum absolute atomic E-state index is 0. The minimum Gasteiger partial charge on any atom is -1.00 e. The Kier molecular flexibility index (Phi) is 20.4. The molecule has 2 saturated carbocycles. The van der Waals surface area contributed by atoms with Crippen molar-refractivity contribution in [2.75, 3.05) is 0 Å². The third-order valence-corrected chi connectivity index (χ3v) is 20.3. The maximum atomic E-state index is 6.53. The fourth-order valence-electron chi connectivity index (χ4n) is 9.11. The summed E-state index contributed by atoms with van der Waals surface area (Å²) in [4.78, 5) is 0. The van der Waals surface area contributed by atoms with Gasteiger partial charge in [-0.1, -0.05) is 161 Å². The molecule has 1 radical (unpaired) electrons. The van der Waals surface area contributed by atoms with Crippen molar-refractivity contribution < 1.29 is 59.9 Å². The SMILES string of the molecule is C[Si](C)(Oc1cc2c([cH-]1)CCCC2)C1CCCCC1.C[Si](C)(Oc1cc2c([cH-]1)CCCC2)C1CCCCC1.[Cl-].[Cl-].[Zr+4].c1ccc([SiH]c2ccccc2)cc1. The number of rotatable bonds is 8. The third-order valence-electron chi connectivity index (χ3n) is 12.2. The second-order valence-electron chi connectivity index (χ2n) is 16.9. The van der Waals surface area contributed by atoms with E-state index >= 15 is 0 Å². The molecule has 0 spiro atoms. The van der Waals surface area contributed by atoms with Crippen LogP contribution in [-0.4, -0.2) is 26.2 Å². The van der Waals surface area contributed by atoms with Gasteiger partial charge in [0.15, 0.2) is 0 Å². The van der Waals surface area contributed by atoms with Crippen molar-refractivity contribution in [3.05, 3.63) is 107 Å². The Morgan fingerprint density at radius 1 is 0.500 bits per heavy atom. The van der Waals surface area contributed by atoms with Crippen molar-refractivity contribution in [3.63, 3.8) is 0 Å². The summed E-state index contributed by atoms with van der Waals surface area (Å²) in [5.74, 6) is 2.38. The van der Waals surface area contributed by atoms with Gasteiger partial charge in [0.1, 0.15) is 9.52 Å². The summed E-state index contributed by atoms with van der Waals surface area (Å²) >= 11 is 0. The number of benzene rings is 2. The number of halogens is 2. The zero-order chi connectivity index (χ0) is 35.5. The van der Waals surface area contributed by atoms with E-state index in [2.05, 4.69) is 111 Å². The number of hydrogen-bond acceptors (Lipinski definition) is 2. The molecular formula is C46H65Cl2O2Si3Zr. The molecule has 4 aliphatic carbocycles. The van der Waals surface area contributed by atoms with Crippen LogP contribution < -0.4 is 44.0 Å². The van der Waals surface area contributed by atoms with Gasteiger partial charge < -0.3 is 33.7 Å². The van der Waals surface area contributed by atoms with Crippen LogP contribution in [0.1, 0.15) is 112 Å². The maximum absolute atomic E-state index is 6.53. The molecule has 0 unspecified atom stereocenters. The van der Waals surface area contributed by atoms with Crippen molar-refractivity contribution in [1.29, 1.82) is 0 Å². The summed E-state index contributed by atoms with van der Waals surface area (Å²) in [5, 5.41) is 2.90. The van der Waals surface area contributed by atoms with E-state index in [0.717, 1.165) is 11.1 Å². The van der Waals surface area contributed by atoms with E-state index in [9.17, 15) is 0 Å². The minimum atomic E-state index is -1.56. The first-order valence-corrected chi connectivity index (χ1v) is 27.8. The summed E-state index contributed by atoms with van der Waals surface area (Å²) in [6.07, 6.45) is 24.7. The summed E-state index contributed by atoms with van der Waals surface area (Å²) in [6.45, 7) is 9.70. The summed E-state index contributed by atoms with van der Waals surface area (Å²) in [6, 6.07) is 30.7. The molecule has 4 aromatic carbocycles. The van der Waals surface area contributed by atoms with Crippen LogP contribution in [0.25, 0.3) is 0 Å². The van der Waals surface area contributed by atoms with E-state index in [1.54, 1.807) is 22.3 Å². The summed E-state index contributed by atoms with van der Waals surface area (Å²) < 4.78 is 13.1. The Bertz CT molecular complexity index is 1440. The van der Waals surface area contributed by atoms with Crippen molar-refractivity contribution in [2.24, 2.45) is 0 Å². The first kappa shape index (κ1) is 47.2. The Balaban J connectivity index is 0.000000216. The predicted molar refractivity (Wildman–Crippen MR) is 227 cm³/mol. The smallest absolute Gasteiger partial charge is 1.00 e. The molecule has 0 N–H and O–H groups in total. The summed E-state index contributed by atoms with van der Waals surface area (Å²) in [5.41, 5.74) is 8.00. The van der Waals surface area contributed by atoms with Crippen LogP contribution in [0, 0.1) is 0 Å². The van der Waals surface area contributed by atoms with Gasteiger partial charge in [-0.25, -0.2) is 0 Å². The molecule has 54 heavy (non-hydrogen) atoms. The molecule has 0 aliphatic heterocycles. The van der Waals surface area contributed by atoms with Gasteiger partial charge in [0, 0.05) is 0 Å². The summed E-state index contributed by atoms with van der Waals surface area (Å²) in [7, 11) is -2.84. The maximum Gasteiger partial charge on any atom is 4.00 e. The largest absolute Gasteiger partial charge is 4.00 e. The van der Waals surface area contributed by atoms with E-state index in [4.69, 9.17) is 8.85 Å². The molecule has 4 aromatic rings. The first-order chi connectivity index (χ1) is 24.7. The fourth-order valence-corrected chi connectivity index (χ4v) is 15.7. The molecule has 0 bridgehead atoms. The van der Waals surface area contributed by atoms with Gasteiger partial charge in [0.25, 0.3) is 0 Å². The standard InChI is InChI=1S/2C17H27OSi.C12H11Si.2ClH.Zr/c2*1-19(2,17-10-4-3-5-11-17)18-16-12-14-8-6-7-9-15(14)13-16;1-3-7-11(8-4-1)13-12-9-5-2-6-10-12;;;/h2*12-13,17H,3-11H2,1-2H3;1-10,13H;2*1H;/q2*-1;;;;+4/p-2. The molecule has 0 aromatic heterocycles. The van der Waals surface area contributed by atoms with Crippen molar-refractivity contribution >= 4 is 36.5 Å². The molecule has 0 amide bonds. The second-order valence-corrected chi connectivity index (χ2v) is 27.0. The van der Waals surface area contributed by atoms with Crippen LogP contribution in [-0.2, 0) is 51.9 Å². The molecule has 8 heteroatoms. The van der Waals surface area contributed by atoms with Gasteiger partial charge in [-0.2, -0.15) is 34.4 Å². The van der Waals surface area contributed by atoms with Gasteiger partial charge >= 0.3 is 26.2 Å². The topological polar surface area (TPSA) is 18.5 Å². The molecule has 0 saturated heterocycles. The predicted octanol–water partition coefficient (Wildman–Crippen LogP) is 5.48. The Hall–Kier alpha value is -1.15. The molecule has 4 aliphatic rings. The van der Waals surface area contributed by atoms with Crippen molar-refractivity contribution in [2.45, 2.75) is 153 Å². The molecule has 2 fully saturated rings. The average Bonchev–Trinajstić information content (AvgIpc) is 3.76. The zero-order valence-electron chi connectivity index (χ0n) is 33.6. The molecule has 0 heterocycles. The van der Waals surface area contributed by atoms with E-state index in [1.807, 2.05) is 0 Å². The van der Waals surface area contributed by atoms with Crippen LogP contribution in [0.2, 0.25) is 37.3 Å². The van der Waals surface area contributed by atoms with Gasteiger partial charge in [0.05, 0.1) is 0 Å². The molecule has 291 valence electrons. The first-order valence-electron chi connectivity index (χ1n) is 20.6.